The molecule has 0 amide bonds. The lowest BCUT2D eigenvalue weighted by atomic mass is 9.97. The van der Waals surface area contributed by atoms with Crippen LogP contribution >= 0.6 is 0 Å². The average Bonchev–Trinajstić information content (AvgIpc) is 2.57. The van der Waals surface area contributed by atoms with Gasteiger partial charge in [-0.15, -0.1) is 0 Å². The van der Waals surface area contributed by atoms with Crippen LogP contribution in [-0.4, -0.2) is 32.8 Å². The molecule has 5 nitrogen and oxygen atoms in total. The number of methoxy groups -OCH3 is 1. The summed E-state index contributed by atoms with van der Waals surface area (Å²) in [6.45, 7) is 7.15. The van der Waals surface area contributed by atoms with Crippen LogP contribution in [0.2, 0.25) is 0 Å². The fourth-order valence-electron chi connectivity index (χ4n) is 2.80. The Morgan fingerprint density at radius 1 is 1.04 bits per heavy atom. The molecule has 0 aromatic heterocycles. The van der Waals surface area contributed by atoms with Crippen LogP contribution < -0.4 is 9.46 Å². The average molecular weight is 378 g/mol. The van der Waals surface area contributed by atoms with E-state index in [1.807, 2.05) is 44.2 Å². The number of benzene rings is 2. The largest absolute Gasteiger partial charge is 0.497 e. The highest BCUT2D eigenvalue weighted by Crippen LogP contribution is 2.21. The first kappa shape index (κ1) is 20.4. The van der Waals surface area contributed by atoms with Crippen molar-refractivity contribution in [3.63, 3.8) is 0 Å². The van der Waals surface area contributed by atoms with E-state index in [1.165, 1.54) is 0 Å². The number of aliphatic hydroxyl groups is 1. The molecule has 1 atom stereocenters. The van der Waals surface area contributed by atoms with Crippen LogP contribution in [0.15, 0.2) is 41.3 Å². The summed E-state index contributed by atoms with van der Waals surface area (Å²) in [4.78, 5) is 0.251. The summed E-state index contributed by atoms with van der Waals surface area (Å²) in [6.07, 6.45) is 0.325. The number of sulfonamides is 1. The Labute approximate surface area is 156 Å². The zero-order valence-corrected chi connectivity index (χ0v) is 16.8. The van der Waals surface area contributed by atoms with Crippen molar-refractivity contribution in [3.05, 3.63) is 58.7 Å². The fourth-order valence-corrected chi connectivity index (χ4v) is 4.27. The first-order valence-electron chi connectivity index (χ1n) is 8.47. The molecule has 2 rings (SSSR count). The van der Waals surface area contributed by atoms with Crippen molar-refractivity contribution in [3.8, 4) is 5.75 Å². The molecule has 142 valence electrons. The molecule has 2 N–H and O–H groups in total. The maximum absolute atomic E-state index is 12.7. The van der Waals surface area contributed by atoms with Crippen LogP contribution in [0.1, 0.15) is 29.2 Å². The predicted molar refractivity (Wildman–Crippen MR) is 103 cm³/mol. The van der Waals surface area contributed by atoms with Crippen molar-refractivity contribution in [1.82, 2.24) is 4.72 Å². The third-order valence-electron chi connectivity index (χ3n) is 4.47. The maximum Gasteiger partial charge on any atom is 0.240 e. The number of ether oxygens (including phenoxy) is 1. The molecule has 0 saturated heterocycles. The van der Waals surface area contributed by atoms with Gasteiger partial charge in [-0.2, -0.15) is 0 Å². The maximum atomic E-state index is 12.7. The van der Waals surface area contributed by atoms with E-state index in [0.717, 1.165) is 22.4 Å². The number of aryl methyl sites for hydroxylation is 3. The Balaban J connectivity index is 2.11. The Morgan fingerprint density at radius 3 is 2.19 bits per heavy atom. The Bertz CT molecular complexity index is 871. The normalized spacial score (nSPS) is 14.1. The van der Waals surface area contributed by atoms with Crippen molar-refractivity contribution in [2.24, 2.45) is 0 Å². The molecule has 0 aliphatic rings. The van der Waals surface area contributed by atoms with E-state index in [4.69, 9.17) is 4.74 Å². The van der Waals surface area contributed by atoms with Crippen LogP contribution in [-0.2, 0) is 16.4 Å². The van der Waals surface area contributed by atoms with Crippen molar-refractivity contribution >= 4 is 10.0 Å². The SMILES string of the molecule is COc1ccc(C[C@](C)(O)CNS(=O)(=O)c2cc(C)c(C)cc2C)cc1. The minimum absolute atomic E-state index is 0.0757. The molecule has 2 aromatic carbocycles. The number of nitrogens with one attached hydrogen (secondary N) is 1. The first-order valence-corrected chi connectivity index (χ1v) is 9.95. The summed E-state index contributed by atoms with van der Waals surface area (Å²) in [6, 6.07) is 10.9. The number of hydrogen-bond donors (Lipinski definition) is 2. The molecule has 0 aliphatic carbocycles. The molecule has 0 heterocycles. The van der Waals surface area contributed by atoms with Gasteiger partial charge in [-0.3, -0.25) is 0 Å². The van der Waals surface area contributed by atoms with E-state index >= 15 is 0 Å². The second-order valence-corrected chi connectivity index (χ2v) is 8.78. The highest BCUT2D eigenvalue weighted by atomic mass is 32.2. The summed E-state index contributed by atoms with van der Waals surface area (Å²) in [5, 5.41) is 10.6. The highest BCUT2D eigenvalue weighted by Gasteiger charge is 2.26. The van der Waals surface area contributed by atoms with Crippen LogP contribution in [0.4, 0.5) is 0 Å². The van der Waals surface area contributed by atoms with E-state index in [9.17, 15) is 13.5 Å². The molecule has 2 aromatic rings. The Kier molecular flexibility index (Phi) is 6.11. The minimum Gasteiger partial charge on any atom is -0.497 e. The van der Waals surface area contributed by atoms with E-state index in [-0.39, 0.29) is 11.4 Å². The van der Waals surface area contributed by atoms with Gasteiger partial charge >= 0.3 is 0 Å². The van der Waals surface area contributed by atoms with Crippen molar-refractivity contribution in [1.29, 1.82) is 0 Å². The number of rotatable bonds is 7. The van der Waals surface area contributed by atoms with E-state index in [2.05, 4.69) is 4.72 Å². The van der Waals surface area contributed by atoms with E-state index < -0.39 is 15.6 Å². The van der Waals surface area contributed by atoms with E-state index in [1.54, 1.807) is 27.0 Å². The van der Waals surface area contributed by atoms with Gasteiger partial charge in [0.25, 0.3) is 0 Å². The van der Waals surface area contributed by atoms with Gasteiger partial charge in [0.2, 0.25) is 10.0 Å². The summed E-state index contributed by atoms with van der Waals surface area (Å²) >= 11 is 0. The Morgan fingerprint density at radius 2 is 1.62 bits per heavy atom. The molecule has 0 saturated carbocycles. The van der Waals surface area contributed by atoms with Gasteiger partial charge in [0.1, 0.15) is 5.75 Å². The van der Waals surface area contributed by atoms with Gasteiger partial charge in [-0.1, -0.05) is 18.2 Å². The van der Waals surface area contributed by atoms with Gasteiger partial charge in [0, 0.05) is 13.0 Å². The van der Waals surface area contributed by atoms with Crippen LogP contribution in [0, 0.1) is 20.8 Å². The molecular weight excluding hydrogens is 350 g/mol. The molecule has 6 heteroatoms. The molecular formula is C20H27NO4S. The molecule has 0 radical (unpaired) electrons. The van der Waals surface area contributed by atoms with Crippen LogP contribution in [0.3, 0.4) is 0 Å². The zero-order valence-electron chi connectivity index (χ0n) is 16.0. The standard InChI is InChI=1S/C20H27NO4S/c1-14-10-16(3)19(11-15(14)2)26(23,24)21-13-20(4,22)12-17-6-8-18(25-5)9-7-17/h6-11,21-22H,12-13H2,1-5H3/t20-/m0/s1. The fraction of sp³-hybridized carbons (Fsp3) is 0.400. The van der Waals surface area contributed by atoms with Crippen LogP contribution in [0.5, 0.6) is 5.75 Å². The zero-order chi connectivity index (χ0) is 19.5. The minimum atomic E-state index is -3.70. The summed E-state index contributed by atoms with van der Waals surface area (Å²) in [7, 11) is -2.10. The Hall–Kier alpha value is -1.89. The topological polar surface area (TPSA) is 75.6 Å². The lowest BCUT2D eigenvalue weighted by Crippen LogP contribution is -2.42. The lowest BCUT2D eigenvalue weighted by Gasteiger charge is -2.24. The third-order valence-corrected chi connectivity index (χ3v) is 6.01. The van der Waals surface area contributed by atoms with Crippen molar-refractivity contribution < 1.29 is 18.3 Å². The lowest BCUT2D eigenvalue weighted by molar-refractivity contribution is 0.0657. The second kappa shape index (κ2) is 7.78. The smallest absolute Gasteiger partial charge is 0.240 e. The van der Waals surface area contributed by atoms with Gasteiger partial charge < -0.3 is 9.84 Å². The summed E-state index contributed by atoms with van der Waals surface area (Å²) < 4.78 is 33.0. The van der Waals surface area contributed by atoms with Gasteiger partial charge in [0.05, 0.1) is 17.6 Å². The highest BCUT2D eigenvalue weighted by molar-refractivity contribution is 7.89. The van der Waals surface area contributed by atoms with Crippen molar-refractivity contribution in [2.45, 2.75) is 44.6 Å². The molecule has 0 aliphatic heterocycles. The third kappa shape index (κ3) is 5.06. The summed E-state index contributed by atoms with van der Waals surface area (Å²) in [5.74, 6) is 0.735. The van der Waals surface area contributed by atoms with Crippen LogP contribution in [0.25, 0.3) is 0 Å². The van der Waals surface area contributed by atoms with Gasteiger partial charge in [-0.05, 0) is 68.1 Å². The van der Waals surface area contributed by atoms with Gasteiger partial charge in [-0.25, -0.2) is 13.1 Å². The quantitative estimate of drug-likeness (QED) is 0.778. The molecule has 0 fully saturated rings. The monoisotopic (exact) mass is 377 g/mol. The number of hydrogen-bond acceptors (Lipinski definition) is 4. The van der Waals surface area contributed by atoms with Crippen molar-refractivity contribution in [2.75, 3.05) is 13.7 Å². The second-order valence-electron chi connectivity index (χ2n) is 7.05. The first-order chi connectivity index (χ1) is 12.0. The predicted octanol–water partition coefficient (Wildman–Crippen LogP) is 2.89. The molecule has 26 heavy (non-hydrogen) atoms. The summed E-state index contributed by atoms with van der Waals surface area (Å²) in [5.41, 5.74) is 2.34. The van der Waals surface area contributed by atoms with E-state index in [0.29, 0.717) is 12.0 Å². The van der Waals surface area contributed by atoms with Gasteiger partial charge in [0.15, 0.2) is 0 Å². The molecule has 0 bridgehead atoms. The molecule has 0 unspecified atom stereocenters. The molecule has 0 spiro atoms.